The smallest absolute Gasteiger partial charge is 0.272 e. The molecule has 0 bridgehead atoms. The zero-order chi connectivity index (χ0) is 14.7. The minimum Gasteiger partial charge on any atom is -0.347 e. The van der Waals surface area contributed by atoms with Gasteiger partial charge in [0.25, 0.3) is 5.91 Å². The largest absolute Gasteiger partial charge is 0.347 e. The maximum atomic E-state index is 12.1. The summed E-state index contributed by atoms with van der Waals surface area (Å²) in [5, 5.41) is 11.1. The van der Waals surface area contributed by atoms with E-state index in [4.69, 9.17) is 0 Å². The topological polar surface area (TPSA) is 54.9 Å². The molecular formula is C16H16BrN3O. The average Bonchev–Trinajstić information content (AvgIpc) is 2.53. The molecule has 1 aromatic heterocycles. The monoisotopic (exact) mass is 345 g/mol. The third-order valence-corrected chi connectivity index (χ3v) is 4.20. The SMILES string of the molecule is O=C(NCc1ccc(Br)cc1)c1cc2c(nn1)CCCC2. The van der Waals surface area contributed by atoms with Crippen LogP contribution in [0.3, 0.4) is 0 Å². The Morgan fingerprint density at radius 1 is 1.14 bits per heavy atom. The van der Waals surface area contributed by atoms with Crippen molar-refractivity contribution in [1.82, 2.24) is 15.5 Å². The number of nitrogens with zero attached hydrogens (tertiary/aromatic N) is 2. The van der Waals surface area contributed by atoms with E-state index in [0.29, 0.717) is 12.2 Å². The van der Waals surface area contributed by atoms with Gasteiger partial charge in [0.15, 0.2) is 5.69 Å². The maximum Gasteiger partial charge on any atom is 0.272 e. The van der Waals surface area contributed by atoms with E-state index in [-0.39, 0.29) is 5.91 Å². The summed E-state index contributed by atoms with van der Waals surface area (Å²) in [6, 6.07) is 9.75. The number of aromatic nitrogens is 2. The van der Waals surface area contributed by atoms with Gasteiger partial charge in [0.1, 0.15) is 0 Å². The Morgan fingerprint density at radius 2 is 1.90 bits per heavy atom. The predicted octanol–water partition coefficient (Wildman–Crippen LogP) is 3.05. The van der Waals surface area contributed by atoms with Gasteiger partial charge in [-0.3, -0.25) is 4.79 Å². The molecule has 3 rings (SSSR count). The minimum atomic E-state index is -0.168. The first-order valence-corrected chi connectivity index (χ1v) is 7.90. The fraction of sp³-hybridized carbons (Fsp3) is 0.312. The molecule has 0 radical (unpaired) electrons. The van der Waals surface area contributed by atoms with Gasteiger partial charge < -0.3 is 5.32 Å². The van der Waals surface area contributed by atoms with E-state index in [1.807, 2.05) is 30.3 Å². The van der Waals surface area contributed by atoms with E-state index < -0.39 is 0 Å². The molecule has 1 aliphatic rings. The molecule has 1 heterocycles. The second kappa shape index (κ2) is 6.35. The Kier molecular flexibility index (Phi) is 4.29. The van der Waals surface area contributed by atoms with Crippen LogP contribution in [0.1, 0.15) is 40.2 Å². The van der Waals surface area contributed by atoms with Gasteiger partial charge in [0, 0.05) is 11.0 Å². The van der Waals surface area contributed by atoms with Gasteiger partial charge in [0.2, 0.25) is 0 Å². The number of halogens is 1. The Balaban J connectivity index is 1.66. The van der Waals surface area contributed by atoms with Crippen molar-refractivity contribution in [2.45, 2.75) is 32.2 Å². The summed E-state index contributed by atoms with van der Waals surface area (Å²) >= 11 is 3.39. The molecule has 2 aromatic rings. The van der Waals surface area contributed by atoms with Crippen LogP contribution < -0.4 is 5.32 Å². The number of hydrogen-bond acceptors (Lipinski definition) is 3. The quantitative estimate of drug-likeness (QED) is 0.929. The van der Waals surface area contributed by atoms with Crippen LogP contribution in [0.15, 0.2) is 34.8 Å². The lowest BCUT2D eigenvalue weighted by Crippen LogP contribution is -2.25. The normalized spacial score (nSPS) is 13.6. The van der Waals surface area contributed by atoms with E-state index >= 15 is 0 Å². The molecule has 1 aromatic carbocycles. The highest BCUT2D eigenvalue weighted by molar-refractivity contribution is 9.10. The van der Waals surface area contributed by atoms with Crippen LogP contribution in [-0.4, -0.2) is 16.1 Å². The molecule has 0 fully saturated rings. The number of carbonyl (C=O) groups is 1. The molecule has 1 N–H and O–H groups in total. The summed E-state index contributed by atoms with van der Waals surface area (Å²) in [7, 11) is 0. The highest BCUT2D eigenvalue weighted by Crippen LogP contribution is 2.19. The number of fused-ring (bicyclic) bond motifs is 1. The zero-order valence-electron chi connectivity index (χ0n) is 11.6. The van der Waals surface area contributed by atoms with E-state index in [9.17, 15) is 4.79 Å². The average molecular weight is 346 g/mol. The van der Waals surface area contributed by atoms with Crippen LogP contribution in [0.25, 0.3) is 0 Å². The van der Waals surface area contributed by atoms with Crippen molar-refractivity contribution < 1.29 is 4.79 Å². The van der Waals surface area contributed by atoms with Gasteiger partial charge >= 0.3 is 0 Å². The molecule has 5 heteroatoms. The van der Waals surface area contributed by atoms with E-state index in [0.717, 1.165) is 35.0 Å². The third kappa shape index (κ3) is 3.47. The van der Waals surface area contributed by atoms with Gasteiger partial charge in [-0.15, -0.1) is 5.10 Å². The molecule has 1 amide bonds. The summed E-state index contributed by atoms with van der Waals surface area (Å²) < 4.78 is 1.03. The molecular weight excluding hydrogens is 330 g/mol. The molecule has 0 atom stereocenters. The van der Waals surface area contributed by atoms with Gasteiger partial charge in [-0.25, -0.2) is 0 Å². The van der Waals surface area contributed by atoms with Gasteiger partial charge in [-0.2, -0.15) is 5.10 Å². The highest BCUT2D eigenvalue weighted by atomic mass is 79.9. The Morgan fingerprint density at radius 3 is 2.71 bits per heavy atom. The van der Waals surface area contributed by atoms with E-state index in [1.165, 1.54) is 12.0 Å². The second-order valence-electron chi connectivity index (χ2n) is 5.22. The summed E-state index contributed by atoms with van der Waals surface area (Å²) in [4.78, 5) is 12.1. The zero-order valence-corrected chi connectivity index (χ0v) is 13.2. The van der Waals surface area contributed by atoms with Crippen LogP contribution in [0.5, 0.6) is 0 Å². The predicted molar refractivity (Wildman–Crippen MR) is 84.0 cm³/mol. The molecule has 4 nitrogen and oxygen atoms in total. The molecule has 0 saturated carbocycles. The van der Waals surface area contributed by atoms with Crippen molar-refractivity contribution in [3.8, 4) is 0 Å². The van der Waals surface area contributed by atoms with Crippen molar-refractivity contribution in [3.63, 3.8) is 0 Å². The van der Waals surface area contributed by atoms with Crippen LogP contribution in [0.2, 0.25) is 0 Å². The Bertz CT molecular complexity index is 655. The van der Waals surface area contributed by atoms with Crippen LogP contribution in [-0.2, 0) is 19.4 Å². The first kappa shape index (κ1) is 14.2. The number of benzene rings is 1. The van der Waals surface area contributed by atoms with Gasteiger partial charge in [-0.1, -0.05) is 28.1 Å². The second-order valence-corrected chi connectivity index (χ2v) is 6.13. The number of aryl methyl sites for hydroxylation is 2. The first-order chi connectivity index (χ1) is 10.2. The lowest BCUT2D eigenvalue weighted by molar-refractivity contribution is 0.0944. The molecule has 0 unspecified atom stereocenters. The highest BCUT2D eigenvalue weighted by Gasteiger charge is 2.15. The van der Waals surface area contributed by atoms with Crippen molar-refractivity contribution in [3.05, 3.63) is 57.3 Å². The van der Waals surface area contributed by atoms with Crippen LogP contribution >= 0.6 is 15.9 Å². The fourth-order valence-electron chi connectivity index (χ4n) is 2.48. The summed E-state index contributed by atoms with van der Waals surface area (Å²) in [5.74, 6) is -0.168. The summed E-state index contributed by atoms with van der Waals surface area (Å²) in [6.45, 7) is 0.491. The number of hydrogen-bond donors (Lipinski definition) is 1. The number of carbonyl (C=O) groups excluding carboxylic acids is 1. The van der Waals surface area contributed by atoms with Crippen LogP contribution in [0.4, 0.5) is 0 Å². The third-order valence-electron chi connectivity index (χ3n) is 3.67. The lowest BCUT2D eigenvalue weighted by Gasteiger charge is -2.14. The van der Waals surface area contributed by atoms with Gasteiger partial charge in [-0.05, 0) is 55.0 Å². The van der Waals surface area contributed by atoms with Crippen molar-refractivity contribution in [2.24, 2.45) is 0 Å². The molecule has 0 spiro atoms. The van der Waals surface area contributed by atoms with E-state index in [2.05, 4.69) is 31.4 Å². The number of amides is 1. The molecule has 108 valence electrons. The van der Waals surface area contributed by atoms with Gasteiger partial charge in [0.05, 0.1) is 5.69 Å². The Hall–Kier alpha value is -1.75. The number of nitrogens with one attached hydrogen (secondary N) is 1. The molecule has 0 saturated heterocycles. The summed E-state index contributed by atoms with van der Waals surface area (Å²) in [5.41, 5.74) is 3.68. The molecule has 0 aliphatic heterocycles. The molecule has 1 aliphatic carbocycles. The standard InChI is InChI=1S/C16H16BrN3O/c17-13-7-5-11(6-8-13)10-18-16(21)15-9-12-3-1-2-4-14(12)19-20-15/h5-9H,1-4,10H2,(H,18,21). The van der Waals surface area contributed by atoms with Crippen molar-refractivity contribution >= 4 is 21.8 Å². The minimum absolute atomic E-state index is 0.168. The van der Waals surface area contributed by atoms with E-state index in [1.54, 1.807) is 0 Å². The maximum absolute atomic E-state index is 12.1. The lowest BCUT2D eigenvalue weighted by atomic mass is 9.96. The fourth-order valence-corrected chi connectivity index (χ4v) is 2.74. The van der Waals surface area contributed by atoms with Crippen molar-refractivity contribution in [2.75, 3.05) is 0 Å². The van der Waals surface area contributed by atoms with Crippen LogP contribution in [0, 0.1) is 0 Å². The summed E-state index contributed by atoms with van der Waals surface area (Å²) in [6.07, 6.45) is 4.30. The first-order valence-electron chi connectivity index (χ1n) is 7.10. The Labute approximate surface area is 132 Å². The van der Waals surface area contributed by atoms with Crippen molar-refractivity contribution in [1.29, 1.82) is 0 Å². The molecule has 21 heavy (non-hydrogen) atoms. The number of rotatable bonds is 3.